The lowest BCUT2D eigenvalue weighted by molar-refractivity contribution is 0.241. The number of aromatic amines is 1. The molecule has 0 radical (unpaired) electrons. The number of aromatic nitrogens is 5. The zero-order chi connectivity index (χ0) is 19.2. The predicted octanol–water partition coefficient (Wildman–Crippen LogP) is 2.39. The Morgan fingerprint density at radius 3 is 2.67 bits per heavy atom. The van der Waals surface area contributed by atoms with Gasteiger partial charge in [0.05, 0.1) is 11.3 Å². The fourth-order valence-corrected chi connectivity index (χ4v) is 3.66. The number of rotatable bonds is 3. The van der Waals surface area contributed by atoms with Crippen molar-refractivity contribution in [1.82, 2.24) is 29.5 Å². The highest BCUT2D eigenvalue weighted by molar-refractivity contribution is 7.98. The first-order valence-electron chi connectivity index (χ1n) is 9.06. The molecule has 4 heterocycles. The van der Waals surface area contributed by atoms with E-state index in [2.05, 4.69) is 40.7 Å². The van der Waals surface area contributed by atoms with Crippen LogP contribution in [0.1, 0.15) is 43.3 Å². The van der Waals surface area contributed by atoms with Crippen molar-refractivity contribution >= 4 is 17.4 Å². The molecule has 7 nitrogen and oxygen atoms in total. The van der Waals surface area contributed by atoms with E-state index in [9.17, 15) is 4.79 Å². The first kappa shape index (κ1) is 18.2. The third-order valence-electron chi connectivity index (χ3n) is 4.92. The van der Waals surface area contributed by atoms with Crippen LogP contribution in [0.2, 0.25) is 0 Å². The number of H-pyrrole nitrogens is 1. The summed E-state index contributed by atoms with van der Waals surface area (Å²) in [5.74, 6) is 0. The number of fused-ring (bicyclic) bond motifs is 2. The number of nitrogens with one attached hydrogen (secondary N) is 1. The maximum Gasteiger partial charge on any atom is 0.277 e. The molecule has 8 heteroatoms. The SMILES string of the molecule is CSc1ncc(CN2CCc3nc4cc(C(C)(C)C)[nH]n4c(=O)c3C2)cn1. The molecular weight excluding hydrogens is 360 g/mol. The van der Waals surface area contributed by atoms with Crippen molar-refractivity contribution in [2.75, 3.05) is 12.8 Å². The topological polar surface area (TPSA) is 79.2 Å². The minimum Gasteiger partial charge on any atom is -0.294 e. The number of nitrogens with zero attached hydrogens (tertiary/aromatic N) is 5. The Balaban J connectivity index is 1.62. The van der Waals surface area contributed by atoms with E-state index in [0.717, 1.165) is 47.2 Å². The van der Waals surface area contributed by atoms with Crippen molar-refractivity contribution < 1.29 is 0 Å². The molecule has 0 bridgehead atoms. The standard InChI is InChI=1S/C19H24N6OS/c1-19(2,3)15-7-16-22-14-5-6-24(11-13(14)17(26)25(16)23-15)10-12-8-20-18(27-4)21-9-12/h7-9,23H,5-6,10-11H2,1-4H3. The molecule has 3 aromatic heterocycles. The van der Waals surface area contributed by atoms with E-state index < -0.39 is 0 Å². The van der Waals surface area contributed by atoms with Crippen LogP contribution in [-0.4, -0.2) is 42.3 Å². The molecule has 1 aliphatic rings. The highest BCUT2D eigenvalue weighted by Crippen LogP contribution is 2.23. The lowest BCUT2D eigenvalue weighted by atomic mass is 9.93. The molecule has 0 aliphatic carbocycles. The average Bonchev–Trinajstić information content (AvgIpc) is 3.08. The summed E-state index contributed by atoms with van der Waals surface area (Å²) >= 11 is 1.53. The second-order valence-corrected chi connectivity index (χ2v) is 8.77. The Kier molecular flexibility index (Phi) is 4.55. The molecule has 4 rings (SSSR count). The van der Waals surface area contributed by atoms with E-state index in [4.69, 9.17) is 4.98 Å². The zero-order valence-electron chi connectivity index (χ0n) is 16.1. The Bertz CT molecular complexity index is 1030. The van der Waals surface area contributed by atoms with Crippen LogP contribution in [-0.2, 0) is 24.9 Å². The molecule has 0 atom stereocenters. The van der Waals surface area contributed by atoms with Gasteiger partial charge in [-0.2, -0.15) is 0 Å². The molecule has 0 aromatic carbocycles. The largest absolute Gasteiger partial charge is 0.294 e. The van der Waals surface area contributed by atoms with Gasteiger partial charge in [-0.15, -0.1) is 0 Å². The fraction of sp³-hybridized carbons (Fsp3) is 0.474. The van der Waals surface area contributed by atoms with Gasteiger partial charge >= 0.3 is 0 Å². The quantitative estimate of drug-likeness (QED) is 0.552. The van der Waals surface area contributed by atoms with E-state index in [0.29, 0.717) is 12.2 Å². The van der Waals surface area contributed by atoms with Gasteiger partial charge in [-0.1, -0.05) is 32.5 Å². The van der Waals surface area contributed by atoms with Gasteiger partial charge < -0.3 is 0 Å². The molecule has 27 heavy (non-hydrogen) atoms. The number of hydrogen-bond acceptors (Lipinski definition) is 6. The van der Waals surface area contributed by atoms with Gasteiger partial charge in [0, 0.05) is 61.2 Å². The van der Waals surface area contributed by atoms with Gasteiger partial charge in [-0.05, 0) is 6.26 Å². The zero-order valence-corrected chi connectivity index (χ0v) is 16.9. The number of hydrogen-bond donors (Lipinski definition) is 1. The van der Waals surface area contributed by atoms with Crippen LogP contribution in [0.4, 0.5) is 0 Å². The van der Waals surface area contributed by atoms with Crippen LogP contribution >= 0.6 is 11.8 Å². The first-order chi connectivity index (χ1) is 12.8. The van der Waals surface area contributed by atoms with Crippen molar-refractivity contribution in [1.29, 1.82) is 0 Å². The summed E-state index contributed by atoms with van der Waals surface area (Å²) in [6, 6.07) is 1.98. The van der Waals surface area contributed by atoms with Gasteiger partial charge in [-0.25, -0.2) is 19.5 Å². The van der Waals surface area contributed by atoms with Crippen LogP contribution in [0.5, 0.6) is 0 Å². The van der Waals surface area contributed by atoms with E-state index >= 15 is 0 Å². The summed E-state index contributed by atoms with van der Waals surface area (Å²) < 4.78 is 1.58. The molecular formula is C19H24N6OS. The Hall–Kier alpha value is -2.19. The summed E-state index contributed by atoms with van der Waals surface area (Å²) in [5.41, 5.74) is 4.42. The monoisotopic (exact) mass is 384 g/mol. The van der Waals surface area contributed by atoms with Crippen LogP contribution in [0.15, 0.2) is 28.4 Å². The molecule has 0 saturated carbocycles. The highest BCUT2D eigenvalue weighted by Gasteiger charge is 2.24. The van der Waals surface area contributed by atoms with E-state index in [1.54, 1.807) is 4.52 Å². The predicted molar refractivity (Wildman–Crippen MR) is 106 cm³/mol. The Morgan fingerprint density at radius 1 is 1.26 bits per heavy atom. The maximum atomic E-state index is 13.0. The van der Waals surface area contributed by atoms with Gasteiger partial charge in [0.25, 0.3) is 5.56 Å². The highest BCUT2D eigenvalue weighted by atomic mass is 32.2. The van der Waals surface area contributed by atoms with Crippen molar-refractivity contribution in [3.8, 4) is 0 Å². The molecule has 1 aliphatic heterocycles. The lowest BCUT2D eigenvalue weighted by Gasteiger charge is -2.27. The number of thioether (sulfide) groups is 1. The fourth-order valence-electron chi connectivity index (χ4n) is 3.34. The average molecular weight is 385 g/mol. The Labute approximate surface area is 162 Å². The molecule has 0 amide bonds. The van der Waals surface area contributed by atoms with E-state index in [-0.39, 0.29) is 11.0 Å². The summed E-state index contributed by atoms with van der Waals surface area (Å²) in [5, 5.41) is 4.00. The van der Waals surface area contributed by atoms with Gasteiger partial charge in [0.15, 0.2) is 10.8 Å². The normalized spacial score (nSPS) is 15.3. The minimum atomic E-state index is -0.0599. The van der Waals surface area contributed by atoms with Crippen molar-refractivity contribution in [2.45, 2.75) is 50.9 Å². The molecule has 0 saturated heterocycles. The second-order valence-electron chi connectivity index (χ2n) is 7.99. The lowest BCUT2D eigenvalue weighted by Crippen LogP contribution is -2.36. The molecule has 0 fully saturated rings. The Morgan fingerprint density at radius 2 is 2.00 bits per heavy atom. The van der Waals surface area contributed by atoms with Crippen LogP contribution in [0, 0.1) is 0 Å². The summed E-state index contributed by atoms with van der Waals surface area (Å²) in [6.07, 6.45) is 6.47. The minimum absolute atomic E-state index is 0.00387. The van der Waals surface area contributed by atoms with Crippen LogP contribution in [0.25, 0.3) is 5.65 Å². The molecule has 3 aromatic rings. The van der Waals surface area contributed by atoms with Gasteiger partial charge in [0.2, 0.25) is 0 Å². The summed E-state index contributed by atoms with van der Waals surface area (Å²) in [7, 11) is 0. The second kappa shape index (κ2) is 6.76. The van der Waals surface area contributed by atoms with Gasteiger partial charge in [-0.3, -0.25) is 14.8 Å². The van der Waals surface area contributed by atoms with Crippen molar-refractivity contribution in [2.24, 2.45) is 0 Å². The smallest absolute Gasteiger partial charge is 0.277 e. The molecule has 0 unspecified atom stereocenters. The maximum absolute atomic E-state index is 13.0. The molecule has 0 spiro atoms. The summed E-state index contributed by atoms with van der Waals surface area (Å²) in [6.45, 7) is 8.56. The van der Waals surface area contributed by atoms with Crippen LogP contribution in [0.3, 0.4) is 0 Å². The van der Waals surface area contributed by atoms with E-state index in [1.165, 1.54) is 11.8 Å². The molecule has 1 N–H and O–H groups in total. The third-order valence-corrected chi connectivity index (χ3v) is 5.49. The molecule has 142 valence electrons. The third kappa shape index (κ3) is 3.51. The summed E-state index contributed by atoms with van der Waals surface area (Å²) in [4.78, 5) is 28.7. The van der Waals surface area contributed by atoms with Gasteiger partial charge in [0.1, 0.15) is 0 Å². The van der Waals surface area contributed by atoms with E-state index in [1.807, 2.05) is 24.7 Å². The first-order valence-corrected chi connectivity index (χ1v) is 10.3. The van der Waals surface area contributed by atoms with Crippen molar-refractivity contribution in [3.63, 3.8) is 0 Å². The van der Waals surface area contributed by atoms with Crippen molar-refractivity contribution in [3.05, 3.63) is 51.3 Å². The van der Waals surface area contributed by atoms with Crippen LogP contribution < -0.4 is 5.56 Å².